The second kappa shape index (κ2) is 14.1. The van der Waals surface area contributed by atoms with Crippen LogP contribution in [0.2, 0.25) is 0 Å². The summed E-state index contributed by atoms with van der Waals surface area (Å²) in [7, 11) is 2.97. The Kier molecular flexibility index (Phi) is 14.2. The molecule has 0 spiro atoms. The summed E-state index contributed by atoms with van der Waals surface area (Å²) in [5.74, 6) is -0.263. The van der Waals surface area contributed by atoms with Gasteiger partial charge in [-0.15, -0.1) is 11.6 Å². The van der Waals surface area contributed by atoms with Crippen molar-refractivity contribution in [1.82, 2.24) is 0 Å². The van der Waals surface area contributed by atoms with Gasteiger partial charge in [0.2, 0.25) is 5.79 Å². The van der Waals surface area contributed by atoms with Crippen LogP contribution in [0, 0.1) is 0 Å². The van der Waals surface area contributed by atoms with Gasteiger partial charge >= 0.3 is 0 Å². The van der Waals surface area contributed by atoms with Gasteiger partial charge in [0.05, 0.1) is 14.2 Å². The van der Waals surface area contributed by atoms with Gasteiger partial charge in [-0.2, -0.15) is 9.78 Å². The Balaban J connectivity index is 3.99. The van der Waals surface area contributed by atoms with Crippen molar-refractivity contribution in [3.8, 4) is 0 Å². The smallest absolute Gasteiger partial charge is 0.233 e. The molecule has 0 unspecified atom stereocenters. The van der Waals surface area contributed by atoms with Crippen molar-refractivity contribution in [2.75, 3.05) is 20.1 Å². The molecular formula is C15H31ClO4. The SMILES string of the molecule is CCCCCCCCCC(CCCCl)(OOC)OOC. The highest BCUT2D eigenvalue weighted by Crippen LogP contribution is 2.28. The molecule has 20 heavy (non-hydrogen) atoms. The summed E-state index contributed by atoms with van der Waals surface area (Å²) in [6.45, 7) is 2.23. The summed E-state index contributed by atoms with van der Waals surface area (Å²) >= 11 is 5.75. The summed E-state index contributed by atoms with van der Waals surface area (Å²) in [5.41, 5.74) is 0. The predicted octanol–water partition coefficient (Wildman–Crippen LogP) is 5.00. The standard InChI is InChI=1S/C15H31ClO4/c1-4-5-6-7-8-9-10-12-15(19-17-2,20-18-3)13-11-14-16/h4-14H2,1-3H3. The average Bonchev–Trinajstić information content (AvgIpc) is 2.45. The molecule has 0 aliphatic carbocycles. The van der Waals surface area contributed by atoms with E-state index >= 15 is 0 Å². The minimum atomic E-state index is -0.832. The highest BCUT2D eigenvalue weighted by Gasteiger charge is 2.34. The highest BCUT2D eigenvalue weighted by atomic mass is 35.5. The van der Waals surface area contributed by atoms with Gasteiger partial charge in [-0.25, -0.2) is 9.78 Å². The Morgan fingerprint density at radius 1 is 0.750 bits per heavy atom. The molecule has 0 bridgehead atoms. The second-order valence-corrected chi connectivity index (χ2v) is 5.45. The van der Waals surface area contributed by atoms with Crippen molar-refractivity contribution in [3.05, 3.63) is 0 Å². The van der Waals surface area contributed by atoms with Crippen LogP contribution in [0.15, 0.2) is 0 Å². The third kappa shape index (κ3) is 9.94. The fraction of sp³-hybridized carbons (Fsp3) is 1.00. The quantitative estimate of drug-likeness (QED) is 0.140. The molecule has 0 amide bonds. The molecule has 0 atom stereocenters. The molecule has 0 saturated heterocycles. The van der Waals surface area contributed by atoms with E-state index in [1.807, 2.05) is 0 Å². The van der Waals surface area contributed by atoms with E-state index in [4.69, 9.17) is 31.2 Å². The van der Waals surface area contributed by atoms with E-state index in [0.29, 0.717) is 12.3 Å². The third-order valence-electron chi connectivity index (χ3n) is 3.32. The zero-order valence-electron chi connectivity index (χ0n) is 13.3. The molecule has 122 valence electrons. The molecule has 5 heteroatoms. The van der Waals surface area contributed by atoms with Crippen molar-refractivity contribution >= 4 is 11.6 Å². The first-order chi connectivity index (χ1) is 9.74. The van der Waals surface area contributed by atoms with Crippen molar-refractivity contribution < 1.29 is 19.6 Å². The van der Waals surface area contributed by atoms with Crippen LogP contribution in [0.3, 0.4) is 0 Å². The van der Waals surface area contributed by atoms with Crippen molar-refractivity contribution in [2.45, 2.75) is 76.9 Å². The zero-order chi connectivity index (χ0) is 15.1. The Labute approximate surface area is 128 Å². The van der Waals surface area contributed by atoms with Gasteiger partial charge in [-0.1, -0.05) is 45.4 Å². The van der Waals surface area contributed by atoms with Crippen LogP contribution in [0.5, 0.6) is 0 Å². The monoisotopic (exact) mass is 310 g/mol. The number of unbranched alkanes of at least 4 members (excludes halogenated alkanes) is 6. The molecule has 0 aliphatic rings. The molecule has 0 heterocycles. The summed E-state index contributed by atoms with van der Waals surface area (Å²) in [4.78, 5) is 20.3. The van der Waals surface area contributed by atoms with Crippen LogP contribution < -0.4 is 0 Å². The topological polar surface area (TPSA) is 36.9 Å². The van der Waals surface area contributed by atoms with Crippen molar-refractivity contribution in [2.24, 2.45) is 0 Å². The third-order valence-corrected chi connectivity index (χ3v) is 3.59. The largest absolute Gasteiger partial charge is 0.237 e. The van der Waals surface area contributed by atoms with E-state index in [0.717, 1.165) is 19.3 Å². The minimum absolute atomic E-state index is 0.568. The zero-order valence-corrected chi connectivity index (χ0v) is 14.0. The number of halogens is 1. The van der Waals surface area contributed by atoms with E-state index in [-0.39, 0.29) is 0 Å². The number of hydrogen-bond donors (Lipinski definition) is 0. The normalized spacial score (nSPS) is 12.0. The molecule has 0 N–H and O–H groups in total. The van der Waals surface area contributed by atoms with E-state index in [1.165, 1.54) is 52.7 Å². The minimum Gasteiger partial charge on any atom is -0.237 e. The number of hydrogen-bond acceptors (Lipinski definition) is 4. The first-order valence-corrected chi connectivity index (χ1v) is 8.27. The molecule has 0 aromatic carbocycles. The maximum atomic E-state index is 5.75. The number of rotatable bonds is 15. The van der Waals surface area contributed by atoms with Gasteiger partial charge in [0.1, 0.15) is 0 Å². The Morgan fingerprint density at radius 2 is 1.25 bits per heavy atom. The molecule has 0 saturated carbocycles. The van der Waals surface area contributed by atoms with Crippen molar-refractivity contribution in [3.63, 3.8) is 0 Å². The molecule has 0 rings (SSSR count). The van der Waals surface area contributed by atoms with E-state index < -0.39 is 5.79 Å². The molecule has 0 aromatic heterocycles. The van der Waals surface area contributed by atoms with Gasteiger partial charge < -0.3 is 0 Å². The molecule has 0 fully saturated rings. The summed E-state index contributed by atoms with van der Waals surface area (Å²) in [5, 5.41) is 0. The molecule has 0 aliphatic heterocycles. The maximum absolute atomic E-state index is 5.75. The lowest BCUT2D eigenvalue weighted by Crippen LogP contribution is -2.36. The fourth-order valence-corrected chi connectivity index (χ4v) is 2.43. The van der Waals surface area contributed by atoms with Gasteiger partial charge in [-0.3, -0.25) is 0 Å². The molecule has 0 radical (unpaired) electrons. The van der Waals surface area contributed by atoms with Gasteiger partial charge in [0.15, 0.2) is 0 Å². The Hall–Kier alpha value is 0.130. The lowest BCUT2D eigenvalue weighted by Gasteiger charge is -2.29. The average molecular weight is 311 g/mol. The highest BCUT2D eigenvalue weighted by molar-refractivity contribution is 6.17. The van der Waals surface area contributed by atoms with Gasteiger partial charge in [0, 0.05) is 18.7 Å². The van der Waals surface area contributed by atoms with Gasteiger partial charge in [-0.05, 0) is 12.8 Å². The fourth-order valence-electron chi connectivity index (χ4n) is 2.30. The van der Waals surface area contributed by atoms with Crippen LogP contribution in [-0.4, -0.2) is 25.9 Å². The maximum Gasteiger partial charge on any atom is 0.233 e. The predicted molar refractivity (Wildman–Crippen MR) is 81.5 cm³/mol. The molecular weight excluding hydrogens is 280 g/mol. The first-order valence-electron chi connectivity index (χ1n) is 7.74. The Morgan fingerprint density at radius 3 is 1.75 bits per heavy atom. The van der Waals surface area contributed by atoms with Gasteiger partial charge in [0.25, 0.3) is 0 Å². The van der Waals surface area contributed by atoms with Crippen molar-refractivity contribution in [1.29, 1.82) is 0 Å². The summed E-state index contributed by atoms with van der Waals surface area (Å²) in [6.07, 6.45) is 10.9. The van der Waals surface area contributed by atoms with Crippen LogP contribution >= 0.6 is 11.6 Å². The molecule has 4 nitrogen and oxygen atoms in total. The van der Waals surface area contributed by atoms with Crippen LogP contribution in [0.25, 0.3) is 0 Å². The van der Waals surface area contributed by atoms with Crippen LogP contribution in [-0.2, 0) is 19.6 Å². The van der Waals surface area contributed by atoms with E-state index in [9.17, 15) is 0 Å². The van der Waals surface area contributed by atoms with E-state index in [2.05, 4.69) is 6.92 Å². The van der Waals surface area contributed by atoms with Crippen LogP contribution in [0.1, 0.15) is 71.1 Å². The Bertz CT molecular complexity index is 196. The van der Waals surface area contributed by atoms with Crippen LogP contribution in [0.4, 0.5) is 0 Å². The second-order valence-electron chi connectivity index (χ2n) is 5.07. The summed E-state index contributed by atoms with van der Waals surface area (Å²) in [6, 6.07) is 0. The number of alkyl halides is 1. The summed E-state index contributed by atoms with van der Waals surface area (Å²) < 4.78 is 0. The molecule has 0 aromatic rings. The lowest BCUT2D eigenvalue weighted by molar-refractivity contribution is -0.503. The lowest BCUT2D eigenvalue weighted by atomic mass is 10.0. The van der Waals surface area contributed by atoms with E-state index in [1.54, 1.807) is 0 Å². The first kappa shape index (κ1) is 20.1.